The third kappa shape index (κ3) is 4.03. The molecule has 2 unspecified atom stereocenters. The van der Waals surface area contributed by atoms with Gasteiger partial charge in [-0.15, -0.1) is 0 Å². The minimum Gasteiger partial charge on any atom is -0.489 e. The molecule has 0 spiro atoms. The monoisotopic (exact) mass is 431 g/mol. The second-order valence-corrected chi connectivity index (χ2v) is 10.3. The first-order valence-corrected chi connectivity index (χ1v) is 11.3. The van der Waals surface area contributed by atoms with Gasteiger partial charge in [0.15, 0.2) is 0 Å². The van der Waals surface area contributed by atoms with Gasteiger partial charge in [-0.25, -0.2) is 0 Å². The summed E-state index contributed by atoms with van der Waals surface area (Å²) in [7, 11) is 0. The first-order valence-electron chi connectivity index (χ1n) is 10.5. The first-order chi connectivity index (χ1) is 13.9. The molecule has 4 bridgehead atoms. The predicted molar refractivity (Wildman–Crippen MR) is 116 cm³/mol. The smallest absolute Gasteiger partial charge is 0.124 e. The summed E-state index contributed by atoms with van der Waals surface area (Å²) >= 11 is 12.6. The fourth-order valence-corrected chi connectivity index (χ4v) is 6.69. The van der Waals surface area contributed by atoms with E-state index in [4.69, 9.17) is 27.9 Å². The van der Waals surface area contributed by atoms with E-state index in [-0.39, 0.29) is 5.54 Å². The van der Waals surface area contributed by atoms with Gasteiger partial charge >= 0.3 is 0 Å². The molecule has 0 amide bonds. The average molecular weight is 432 g/mol. The second-order valence-electron chi connectivity index (χ2n) is 9.45. The summed E-state index contributed by atoms with van der Waals surface area (Å²) in [4.78, 5) is 0. The Morgan fingerprint density at radius 2 is 1.76 bits per heavy atom. The third-order valence-electron chi connectivity index (χ3n) is 7.05. The Morgan fingerprint density at radius 3 is 2.48 bits per heavy atom. The molecule has 4 fully saturated rings. The molecule has 6 rings (SSSR count). The minimum absolute atomic E-state index is 0.0428. The number of hydrogen-bond acceptors (Lipinski definition) is 3. The Labute approximate surface area is 182 Å². The van der Waals surface area contributed by atoms with Crippen LogP contribution in [0, 0.1) is 11.8 Å². The van der Waals surface area contributed by atoms with Crippen LogP contribution in [-0.4, -0.2) is 16.2 Å². The van der Waals surface area contributed by atoms with E-state index in [9.17, 15) is 5.11 Å². The van der Waals surface area contributed by atoms with E-state index in [0.717, 1.165) is 36.1 Å². The molecule has 2 N–H and O–H groups in total. The SMILES string of the molecule is OC12CC3CC(C1)CC(NCc1cc(Cl)ccc1OCc1ccccc1Cl)(C3)C2. The highest BCUT2D eigenvalue weighted by atomic mass is 35.5. The van der Waals surface area contributed by atoms with Crippen molar-refractivity contribution < 1.29 is 9.84 Å². The molecule has 4 saturated carbocycles. The van der Waals surface area contributed by atoms with Gasteiger partial charge in [0.25, 0.3) is 0 Å². The summed E-state index contributed by atoms with van der Waals surface area (Å²) in [5.41, 5.74) is 1.59. The molecular formula is C24H27Cl2NO2. The summed E-state index contributed by atoms with van der Waals surface area (Å²) in [5, 5.41) is 16.2. The maximum Gasteiger partial charge on any atom is 0.124 e. The summed E-state index contributed by atoms with van der Waals surface area (Å²) in [5.74, 6) is 2.14. The lowest BCUT2D eigenvalue weighted by Crippen LogP contribution is -2.64. The third-order valence-corrected chi connectivity index (χ3v) is 7.65. The zero-order chi connectivity index (χ0) is 20.1. The van der Waals surface area contributed by atoms with E-state index in [0.29, 0.717) is 35.0 Å². The molecular weight excluding hydrogens is 405 g/mol. The lowest BCUT2D eigenvalue weighted by molar-refractivity contribution is -0.142. The summed E-state index contributed by atoms with van der Waals surface area (Å²) < 4.78 is 6.12. The van der Waals surface area contributed by atoms with Crippen molar-refractivity contribution >= 4 is 23.2 Å². The summed E-state index contributed by atoms with van der Waals surface area (Å²) in [6.45, 7) is 1.11. The lowest BCUT2D eigenvalue weighted by Gasteiger charge is -2.60. The largest absolute Gasteiger partial charge is 0.489 e. The number of aliphatic hydroxyl groups is 1. The molecule has 29 heavy (non-hydrogen) atoms. The number of nitrogens with one attached hydrogen (secondary N) is 1. The van der Waals surface area contributed by atoms with Crippen molar-refractivity contribution in [3.05, 3.63) is 63.6 Å². The van der Waals surface area contributed by atoms with Crippen LogP contribution in [0.3, 0.4) is 0 Å². The van der Waals surface area contributed by atoms with Crippen molar-refractivity contribution in [3.8, 4) is 5.75 Å². The number of hydrogen-bond donors (Lipinski definition) is 2. The molecule has 2 aromatic carbocycles. The highest BCUT2D eigenvalue weighted by Gasteiger charge is 2.56. The molecule has 4 aliphatic carbocycles. The van der Waals surface area contributed by atoms with Crippen molar-refractivity contribution in [1.82, 2.24) is 5.32 Å². The Bertz CT molecular complexity index is 902. The van der Waals surface area contributed by atoms with E-state index >= 15 is 0 Å². The molecule has 0 heterocycles. The fraction of sp³-hybridized carbons (Fsp3) is 0.500. The van der Waals surface area contributed by atoms with Crippen molar-refractivity contribution in [2.75, 3.05) is 0 Å². The zero-order valence-corrected chi connectivity index (χ0v) is 18.0. The van der Waals surface area contributed by atoms with E-state index < -0.39 is 5.60 Å². The van der Waals surface area contributed by atoms with Gasteiger partial charge in [-0.3, -0.25) is 0 Å². The molecule has 3 nitrogen and oxygen atoms in total. The van der Waals surface area contributed by atoms with Crippen LogP contribution in [0.4, 0.5) is 0 Å². The van der Waals surface area contributed by atoms with Gasteiger partial charge in [0, 0.05) is 33.3 Å². The Morgan fingerprint density at radius 1 is 1.00 bits per heavy atom. The van der Waals surface area contributed by atoms with Crippen LogP contribution in [0.25, 0.3) is 0 Å². The molecule has 5 heteroatoms. The van der Waals surface area contributed by atoms with Gasteiger partial charge in [0.1, 0.15) is 12.4 Å². The molecule has 4 aliphatic rings. The molecule has 0 aliphatic heterocycles. The van der Waals surface area contributed by atoms with E-state index in [1.165, 1.54) is 19.3 Å². The first kappa shape index (κ1) is 19.7. The van der Waals surface area contributed by atoms with Gasteiger partial charge in [-0.05, 0) is 74.6 Å². The van der Waals surface area contributed by atoms with Gasteiger partial charge in [-0.2, -0.15) is 0 Å². The zero-order valence-electron chi connectivity index (χ0n) is 16.5. The standard InChI is InChI=1S/C24H27Cl2NO2/c25-20-5-6-22(29-14-18-3-1-2-4-21(18)26)19(8-20)13-27-23-9-16-7-17(10-23)12-24(28,11-16)15-23/h1-6,8,16-17,27-28H,7,9-15H2. The number of rotatable bonds is 6. The molecule has 0 radical (unpaired) electrons. The topological polar surface area (TPSA) is 41.5 Å². The van der Waals surface area contributed by atoms with Crippen LogP contribution < -0.4 is 10.1 Å². The highest BCUT2D eigenvalue weighted by Crippen LogP contribution is 2.57. The van der Waals surface area contributed by atoms with Crippen LogP contribution >= 0.6 is 23.2 Å². The maximum absolute atomic E-state index is 11.0. The van der Waals surface area contributed by atoms with Crippen LogP contribution in [-0.2, 0) is 13.2 Å². The van der Waals surface area contributed by atoms with E-state index in [1.807, 2.05) is 42.5 Å². The van der Waals surface area contributed by atoms with Crippen LogP contribution in [0.1, 0.15) is 49.7 Å². The van der Waals surface area contributed by atoms with Crippen molar-refractivity contribution in [2.24, 2.45) is 11.8 Å². The van der Waals surface area contributed by atoms with Crippen LogP contribution in [0.15, 0.2) is 42.5 Å². The molecule has 0 aromatic heterocycles. The number of benzene rings is 2. The molecule has 2 atom stereocenters. The van der Waals surface area contributed by atoms with E-state index in [1.54, 1.807) is 0 Å². The highest BCUT2D eigenvalue weighted by molar-refractivity contribution is 6.31. The quantitative estimate of drug-likeness (QED) is 0.611. The van der Waals surface area contributed by atoms with Crippen molar-refractivity contribution in [3.63, 3.8) is 0 Å². The summed E-state index contributed by atoms with van der Waals surface area (Å²) in [6, 6.07) is 13.5. The molecule has 154 valence electrons. The second kappa shape index (κ2) is 7.46. The lowest BCUT2D eigenvalue weighted by atomic mass is 9.51. The van der Waals surface area contributed by atoms with Crippen molar-refractivity contribution in [2.45, 2.75) is 62.8 Å². The Hall–Kier alpha value is -1.26. The normalized spacial score (nSPS) is 32.5. The minimum atomic E-state index is -0.463. The average Bonchev–Trinajstić information content (AvgIpc) is 2.65. The van der Waals surface area contributed by atoms with Crippen LogP contribution in [0.2, 0.25) is 10.0 Å². The number of halogens is 2. The van der Waals surface area contributed by atoms with Gasteiger partial charge in [-0.1, -0.05) is 41.4 Å². The Kier molecular flexibility index (Phi) is 5.06. The van der Waals surface area contributed by atoms with Gasteiger partial charge < -0.3 is 15.2 Å². The predicted octanol–water partition coefficient (Wildman–Crippen LogP) is 5.75. The maximum atomic E-state index is 11.0. The van der Waals surface area contributed by atoms with Crippen LogP contribution in [0.5, 0.6) is 5.75 Å². The Balaban J connectivity index is 1.31. The molecule has 0 saturated heterocycles. The van der Waals surface area contributed by atoms with Crippen molar-refractivity contribution in [1.29, 1.82) is 0 Å². The summed E-state index contributed by atoms with van der Waals surface area (Å²) in [6.07, 6.45) is 6.45. The van der Waals surface area contributed by atoms with Gasteiger partial charge in [0.05, 0.1) is 5.60 Å². The molecule has 2 aromatic rings. The van der Waals surface area contributed by atoms with E-state index in [2.05, 4.69) is 5.32 Å². The fourth-order valence-electron chi connectivity index (χ4n) is 6.30. The number of ether oxygens (including phenoxy) is 1. The van der Waals surface area contributed by atoms with Gasteiger partial charge in [0.2, 0.25) is 0 Å².